The first-order valence-corrected chi connectivity index (χ1v) is 6.90. The van der Waals surface area contributed by atoms with Crippen LogP contribution in [0.15, 0.2) is 60.5 Å². The van der Waals surface area contributed by atoms with Crippen LogP contribution in [-0.4, -0.2) is 21.8 Å². The zero-order valence-electron chi connectivity index (χ0n) is 11.3. The van der Waals surface area contributed by atoms with Gasteiger partial charge in [-0.3, -0.25) is 14.5 Å². The number of amides is 1. The number of pyridine rings is 1. The van der Waals surface area contributed by atoms with Gasteiger partial charge in [-0.1, -0.05) is 29.8 Å². The van der Waals surface area contributed by atoms with E-state index in [1.165, 1.54) is 11.1 Å². The molecule has 1 unspecified atom stereocenters. The van der Waals surface area contributed by atoms with Crippen molar-refractivity contribution >= 4 is 29.1 Å². The zero-order valence-corrected chi connectivity index (χ0v) is 12.1. The highest BCUT2D eigenvalue weighted by molar-refractivity contribution is 6.50. The number of nitrogens with zero attached hydrogens (tertiary/aromatic N) is 2. The summed E-state index contributed by atoms with van der Waals surface area (Å²) in [6.45, 7) is 0. The Morgan fingerprint density at radius 3 is 2.45 bits per heavy atom. The molecule has 1 aliphatic rings. The first-order chi connectivity index (χ1) is 10.6. The summed E-state index contributed by atoms with van der Waals surface area (Å²) in [6.07, 6.45) is 2.22. The molecule has 1 atom stereocenters. The van der Waals surface area contributed by atoms with E-state index in [0.29, 0.717) is 22.7 Å². The quantitative estimate of drug-likeness (QED) is 0.525. The molecule has 3 rings (SSSR count). The highest BCUT2D eigenvalue weighted by atomic mass is 35.5. The van der Waals surface area contributed by atoms with E-state index in [1.807, 2.05) is 0 Å². The van der Waals surface area contributed by atoms with Crippen molar-refractivity contribution in [1.82, 2.24) is 4.98 Å². The predicted octanol–water partition coefficient (Wildman–Crippen LogP) is 2.83. The van der Waals surface area contributed by atoms with Crippen LogP contribution in [0.5, 0.6) is 0 Å². The van der Waals surface area contributed by atoms with Gasteiger partial charge >= 0.3 is 5.91 Å². The molecular formula is C16H11ClN2O3. The smallest absolute Gasteiger partial charge is 0.301 e. The predicted molar refractivity (Wildman–Crippen MR) is 81.6 cm³/mol. The minimum atomic E-state index is -0.742. The lowest BCUT2D eigenvalue weighted by atomic mass is 10.00. The van der Waals surface area contributed by atoms with Gasteiger partial charge in [0, 0.05) is 11.2 Å². The molecule has 1 aromatic carbocycles. The molecule has 0 aliphatic carbocycles. The summed E-state index contributed by atoms with van der Waals surface area (Å²) >= 11 is 5.88. The third-order valence-corrected chi connectivity index (χ3v) is 3.70. The van der Waals surface area contributed by atoms with Crippen molar-refractivity contribution in [3.05, 3.63) is 71.1 Å². The lowest BCUT2D eigenvalue weighted by Crippen LogP contribution is -2.30. The summed E-state index contributed by atoms with van der Waals surface area (Å²) in [5, 5.41) is 9.94. The number of carbonyl (C=O) groups excluding carboxylic acids is 2. The molecule has 1 aromatic heterocycles. The van der Waals surface area contributed by atoms with E-state index in [2.05, 4.69) is 4.98 Å². The third kappa shape index (κ3) is 2.25. The minimum Gasteiger partial charge on any atom is -0.515 e. The Balaban J connectivity index is 2.15. The van der Waals surface area contributed by atoms with Crippen molar-refractivity contribution in [2.45, 2.75) is 6.04 Å². The fourth-order valence-corrected chi connectivity index (χ4v) is 2.57. The van der Waals surface area contributed by atoms with Gasteiger partial charge in [-0.2, -0.15) is 0 Å². The topological polar surface area (TPSA) is 70.5 Å². The number of rotatable bonds is 2. The Morgan fingerprint density at radius 1 is 1.14 bits per heavy atom. The van der Waals surface area contributed by atoms with Gasteiger partial charge in [0.05, 0.1) is 17.9 Å². The Morgan fingerprint density at radius 2 is 1.86 bits per heavy atom. The van der Waals surface area contributed by atoms with Crippen LogP contribution in [-0.2, 0) is 9.59 Å². The fourth-order valence-electron chi connectivity index (χ4n) is 2.45. The van der Waals surface area contributed by atoms with Gasteiger partial charge in [0.25, 0.3) is 5.78 Å². The van der Waals surface area contributed by atoms with Gasteiger partial charge in [-0.25, -0.2) is 4.98 Å². The van der Waals surface area contributed by atoms with Crippen molar-refractivity contribution in [2.24, 2.45) is 0 Å². The van der Waals surface area contributed by atoms with Gasteiger partial charge in [0.1, 0.15) is 5.82 Å². The monoisotopic (exact) mass is 314 g/mol. The molecule has 0 spiro atoms. The second kappa shape index (κ2) is 5.61. The molecule has 2 aromatic rings. The van der Waals surface area contributed by atoms with Crippen molar-refractivity contribution in [3.8, 4) is 0 Å². The number of hydrogen-bond donors (Lipinski definition) is 1. The van der Waals surface area contributed by atoms with Crippen LogP contribution >= 0.6 is 11.6 Å². The first kappa shape index (κ1) is 14.3. The van der Waals surface area contributed by atoms with E-state index < -0.39 is 17.7 Å². The van der Waals surface area contributed by atoms with E-state index in [4.69, 9.17) is 11.6 Å². The molecule has 2 heterocycles. The Kier molecular flexibility index (Phi) is 3.65. The van der Waals surface area contributed by atoms with Gasteiger partial charge in [0.2, 0.25) is 0 Å². The van der Waals surface area contributed by atoms with Crippen molar-refractivity contribution in [1.29, 1.82) is 0 Å². The molecule has 110 valence electrons. The summed E-state index contributed by atoms with van der Waals surface area (Å²) in [7, 11) is 0. The standard InChI is InChI=1S/C16H11ClN2O3/c17-11-6-4-10(5-7-11)14-12(9-20)15(21)16(22)19(14)13-3-1-2-8-18-13/h1-9,14,20H. The summed E-state index contributed by atoms with van der Waals surface area (Å²) in [4.78, 5) is 29.8. The van der Waals surface area contributed by atoms with Crippen LogP contribution < -0.4 is 4.90 Å². The Labute approximate surface area is 131 Å². The number of carbonyl (C=O) groups is 2. The van der Waals surface area contributed by atoms with Crippen LogP contribution in [0.1, 0.15) is 11.6 Å². The number of aliphatic hydroxyl groups is 1. The van der Waals surface area contributed by atoms with E-state index in [9.17, 15) is 14.7 Å². The summed E-state index contributed by atoms with van der Waals surface area (Å²) < 4.78 is 0. The molecule has 1 saturated heterocycles. The fraction of sp³-hybridized carbons (Fsp3) is 0.0625. The number of hydrogen-bond acceptors (Lipinski definition) is 4. The second-order valence-corrected chi connectivity index (χ2v) is 5.17. The van der Waals surface area contributed by atoms with E-state index in [1.54, 1.807) is 42.5 Å². The number of ketones is 1. The lowest BCUT2D eigenvalue weighted by Gasteiger charge is -2.23. The van der Waals surface area contributed by atoms with Crippen molar-refractivity contribution in [3.63, 3.8) is 0 Å². The van der Waals surface area contributed by atoms with Crippen LogP contribution in [0.2, 0.25) is 5.02 Å². The molecular weight excluding hydrogens is 304 g/mol. The zero-order chi connectivity index (χ0) is 15.7. The highest BCUT2D eigenvalue weighted by Gasteiger charge is 2.45. The molecule has 0 bridgehead atoms. The second-order valence-electron chi connectivity index (χ2n) is 4.73. The van der Waals surface area contributed by atoms with E-state index in [0.717, 1.165) is 0 Å². The summed E-state index contributed by atoms with van der Waals surface area (Å²) in [5.74, 6) is -1.12. The average Bonchev–Trinajstić information content (AvgIpc) is 2.80. The molecule has 1 fully saturated rings. The largest absolute Gasteiger partial charge is 0.515 e. The maximum Gasteiger partial charge on any atom is 0.301 e. The van der Waals surface area contributed by atoms with E-state index in [-0.39, 0.29) is 5.57 Å². The number of halogens is 1. The van der Waals surface area contributed by atoms with Crippen LogP contribution in [0.4, 0.5) is 5.82 Å². The molecule has 1 aliphatic heterocycles. The molecule has 0 saturated carbocycles. The third-order valence-electron chi connectivity index (χ3n) is 3.45. The van der Waals surface area contributed by atoms with Gasteiger partial charge < -0.3 is 5.11 Å². The number of Topliss-reactive ketones (excluding diaryl/α,β-unsaturated/α-hetero) is 1. The Bertz CT molecular complexity index is 757. The maximum atomic E-state index is 12.3. The summed E-state index contributed by atoms with van der Waals surface area (Å²) in [6, 6.07) is 11.1. The SMILES string of the molecule is O=C1C(=O)N(c2ccccn2)C(c2ccc(Cl)cc2)C1=CO. The highest BCUT2D eigenvalue weighted by Crippen LogP contribution is 2.38. The van der Waals surface area contributed by atoms with Crippen molar-refractivity contribution in [2.75, 3.05) is 4.90 Å². The first-order valence-electron chi connectivity index (χ1n) is 6.52. The van der Waals surface area contributed by atoms with Crippen LogP contribution in [0.3, 0.4) is 0 Å². The molecule has 6 heteroatoms. The minimum absolute atomic E-state index is 0.0120. The molecule has 1 N–H and O–H groups in total. The number of aliphatic hydroxyl groups excluding tert-OH is 1. The van der Waals surface area contributed by atoms with Crippen molar-refractivity contribution < 1.29 is 14.7 Å². The van der Waals surface area contributed by atoms with Crippen LogP contribution in [0, 0.1) is 0 Å². The number of anilines is 1. The molecule has 1 amide bonds. The molecule has 22 heavy (non-hydrogen) atoms. The number of benzene rings is 1. The summed E-state index contributed by atoms with van der Waals surface area (Å²) in [5.41, 5.74) is 0.674. The van der Waals surface area contributed by atoms with Crippen LogP contribution in [0.25, 0.3) is 0 Å². The normalized spacial score (nSPS) is 20.0. The molecule has 5 nitrogen and oxygen atoms in total. The maximum absolute atomic E-state index is 12.3. The lowest BCUT2D eigenvalue weighted by molar-refractivity contribution is -0.132. The average molecular weight is 315 g/mol. The van der Waals surface area contributed by atoms with E-state index >= 15 is 0 Å². The van der Waals surface area contributed by atoms with Gasteiger partial charge in [-0.05, 0) is 29.8 Å². The molecule has 0 radical (unpaired) electrons. The van der Waals surface area contributed by atoms with Gasteiger partial charge in [-0.15, -0.1) is 0 Å². The number of aromatic nitrogens is 1. The Hall–Kier alpha value is -2.66. The van der Waals surface area contributed by atoms with Gasteiger partial charge in [0.15, 0.2) is 0 Å².